The Kier molecular flexibility index (Phi) is 12.5. The molecule has 258 valence electrons. The third-order valence-corrected chi connectivity index (χ3v) is 10.2. The Morgan fingerprint density at radius 2 is 1.66 bits per heavy atom. The van der Waals surface area contributed by atoms with Crippen LogP contribution in [0.1, 0.15) is 80.7 Å². The molecule has 1 aliphatic heterocycles. The van der Waals surface area contributed by atoms with Crippen molar-refractivity contribution in [2.75, 3.05) is 38.5 Å². The standard InChI is InChI=1S/C34H46F3N5O4S/c1-5-28(43)39-29(32(45)42-16-14-41(4)15-17-42)22(3)24-12-13-27(26(35)19-24)38-31(44)30(23-10-8-6-7-9-11-23)40-33(46)34(36,37)25-18-21(2)47-20-25/h12-13,18-20,22-23,29-30H,5-11,14-17H2,1-4H3,(H,38,44)(H,39,43)(H,40,46). The van der Waals surface area contributed by atoms with Crippen LogP contribution in [0.5, 0.6) is 0 Å². The number of thiophene rings is 1. The summed E-state index contributed by atoms with van der Waals surface area (Å²) in [4.78, 5) is 56.9. The fraction of sp³-hybridized carbons (Fsp3) is 0.588. The molecule has 2 fully saturated rings. The lowest BCUT2D eigenvalue weighted by molar-refractivity contribution is -0.149. The molecule has 1 aromatic carbocycles. The lowest BCUT2D eigenvalue weighted by Crippen LogP contribution is -2.55. The summed E-state index contributed by atoms with van der Waals surface area (Å²) in [5.41, 5.74) is -0.185. The number of nitrogens with zero attached hydrogens (tertiary/aromatic N) is 2. The van der Waals surface area contributed by atoms with E-state index in [2.05, 4.69) is 20.9 Å². The van der Waals surface area contributed by atoms with Gasteiger partial charge in [-0.2, -0.15) is 8.78 Å². The van der Waals surface area contributed by atoms with E-state index < -0.39 is 53.0 Å². The fourth-order valence-electron chi connectivity index (χ4n) is 6.23. The Balaban J connectivity index is 1.53. The first-order valence-electron chi connectivity index (χ1n) is 16.4. The second-order valence-corrected chi connectivity index (χ2v) is 13.9. The van der Waals surface area contributed by atoms with E-state index in [1.807, 2.05) is 7.05 Å². The molecule has 2 aromatic rings. The van der Waals surface area contributed by atoms with Crippen molar-refractivity contribution in [1.29, 1.82) is 0 Å². The lowest BCUT2D eigenvalue weighted by atomic mass is 9.90. The summed E-state index contributed by atoms with van der Waals surface area (Å²) in [5.74, 6) is -8.54. The van der Waals surface area contributed by atoms with Gasteiger partial charge in [0.05, 0.1) is 5.69 Å². The van der Waals surface area contributed by atoms with E-state index in [-0.39, 0.29) is 23.9 Å². The number of amides is 4. The van der Waals surface area contributed by atoms with Gasteiger partial charge in [-0.15, -0.1) is 11.3 Å². The molecule has 0 spiro atoms. The zero-order valence-electron chi connectivity index (χ0n) is 27.5. The maximum Gasteiger partial charge on any atom is 0.350 e. The van der Waals surface area contributed by atoms with Crippen molar-refractivity contribution < 1.29 is 32.3 Å². The molecule has 9 nitrogen and oxygen atoms in total. The second kappa shape index (κ2) is 16.1. The van der Waals surface area contributed by atoms with Crippen LogP contribution in [-0.4, -0.2) is 78.7 Å². The molecule has 3 atom stereocenters. The Morgan fingerprint density at radius 1 is 1.00 bits per heavy atom. The van der Waals surface area contributed by atoms with Crippen LogP contribution in [0.25, 0.3) is 0 Å². The van der Waals surface area contributed by atoms with E-state index >= 15 is 13.2 Å². The average molecular weight is 678 g/mol. The first kappa shape index (κ1) is 36.4. The number of piperazine rings is 1. The van der Waals surface area contributed by atoms with Crippen molar-refractivity contribution in [1.82, 2.24) is 20.4 Å². The van der Waals surface area contributed by atoms with Crippen LogP contribution in [0.3, 0.4) is 0 Å². The number of aryl methyl sites for hydroxylation is 1. The molecule has 13 heteroatoms. The van der Waals surface area contributed by atoms with Crippen LogP contribution in [0.2, 0.25) is 0 Å². The summed E-state index contributed by atoms with van der Waals surface area (Å²) >= 11 is 1.10. The maximum atomic E-state index is 15.6. The molecule has 2 aliphatic rings. The summed E-state index contributed by atoms with van der Waals surface area (Å²) in [7, 11) is 1.97. The summed E-state index contributed by atoms with van der Waals surface area (Å²) in [6, 6.07) is 3.16. The van der Waals surface area contributed by atoms with Gasteiger partial charge in [-0.3, -0.25) is 19.2 Å². The Morgan fingerprint density at radius 3 is 2.23 bits per heavy atom. The molecule has 0 bridgehead atoms. The zero-order chi connectivity index (χ0) is 34.3. The highest BCUT2D eigenvalue weighted by atomic mass is 32.1. The van der Waals surface area contributed by atoms with Gasteiger partial charge in [0.25, 0.3) is 5.91 Å². The minimum absolute atomic E-state index is 0.177. The number of carbonyl (C=O) groups excluding carboxylic acids is 4. The fourth-order valence-corrected chi connectivity index (χ4v) is 6.96. The quantitative estimate of drug-likeness (QED) is 0.285. The third kappa shape index (κ3) is 9.13. The first-order valence-corrected chi connectivity index (χ1v) is 17.3. The van der Waals surface area contributed by atoms with Gasteiger partial charge in [0.1, 0.15) is 17.9 Å². The molecule has 4 amide bonds. The van der Waals surface area contributed by atoms with Crippen LogP contribution in [-0.2, 0) is 25.1 Å². The molecule has 1 aromatic heterocycles. The predicted octanol–water partition coefficient (Wildman–Crippen LogP) is 5.15. The molecule has 1 aliphatic carbocycles. The van der Waals surface area contributed by atoms with E-state index in [1.54, 1.807) is 31.7 Å². The molecule has 4 rings (SSSR count). The molecule has 1 saturated heterocycles. The number of hydrogen-bond donors (Lipinski definition) is 3. The van der Waals surface area contributed by atoms with Crippen molar-refractivity contribution >= 4 is 40.7 Å². The van der Waals surface area contributed by atoms with Crippen molar-refractivity contribution in [3.63, 3.8) is 0 Å². The molecular weight excluding hydrogens is 631 g/mol. The van der Waals surface area contributed by atoms with Crippen molar-refractivity contribution in [3.05, 3.63) is 51.5 Å². The van der Waals surface area contributed by atoms with E-state index in [0.29, 0.717) is 49.5 Å². The normalized spacial score (nSPS) is 18.5. The second-order valence-electron chi connectivity index (χ2n) is 12.8. The van der Waals surface area contributed by atoms with Crippen LogP contribution < -0.4 is 16.0 Å². The number of carbonyl (C=O) groups is 4. The smallest absolute Gasteiger partial charge is 0.344 e. The SMILES string of the molecule is CCC(=O)NC(C(=O)N1CCN(C)CC1)C(C)c1ccc(NC(=O)C(NC(=O)C(F)(F)c2csc(C)c2)C2CCCCCC2)c(F)c1. The average Bonchev–Trinajstić information content (AvgIpc) is 3.32. The van der Waals surface area contributed by atoms with Crippen LogP contribution in [0.15, 0.2) is 29.6 Å². The number of rotatable bonds is 11. The van der Waals surface area contributed by atoms with Crippen molar-refractivity contribution in [3.8, 4) is 0 Å². The van der Waals surface area contributed by atoms with E-state index in [9.17, 15) is 19.2 Å². The van der Waals surface area contributed by atoms with E-state index in [4.69, 9.17) is 0 Å². The number of alkyl halides is 2. The van der Waals surface area contributed by atoms with Crippen LogP contribution in [0.4, 0.5) is 18.9 Å². The minimum Gasteiger partial charge on any atom is -0.344 e. The van der Waals surface area contributed by atoms with Gasteiger partial charge in [0.15, 0.2) is 0 Å². The minimum atomic E-state index is -3.84. The number of hydrogen-bond acceptors (Lipinski definition) is 6. The van der Waals surface area contributed by atoms with Gasteiger partial charge in [-0.05, 0) is 56.5 Å². The van der Waals surface area contributed by atoms with Crippen molar-refractivity contribution in [2.45, 2.75) is 89.6 Å². The van der Waals surface area contributed by atoms with Gasteiger partial charge in [-0.25, -0.2) is 4.39 Å². The summed E-state index contributed by atoms with van der Waals surface area (Å²) in [6.07, 6.45) is 4.75. The number of benzene rings is 1. The lowest BCUT2D eigenvalue weighted by Gasteiger charge is -2.36. The number of nitrogens with one attached hydrogen (secondary N) is 3. The van der Waals surface area contributed by atoms with Gasteiger partial charge >= 0.3 is 5.92 Å². The van der Waals surface area contributed by atoms with Crippen molar-refractivity contribution in [2.24, 2.45) is 5.92 Å². The summed E-state index contributed by atoms with van der Waals surface area (Å²) in [5, 5.41) is 8.86. The Labute approximate surface area is 278 Å². The van der Waals surface area contributed by atoms with Gasteiger partial charge < -0.3 is 25.8 Å². The summed E-state index contributed by atoms with van der Waals surface area (Å²) < 4.78 is 45.9. The molecule has 1 saturated carbocycles. The number of likely N-dealkylation sites (N-methyl/N-ethyl adjacent to an activating group) is 1. The molecular formula is C34H46F3N5O4S. The van der Waals surface area contributed by atoms with Crippen LogP contribution >= 0.6 is 11.3 Å². The molecule has 2 heterocycles. The molecule has 3 unspecified atom stereocenters. The molecule has 0 radical (unpaired) electrons. The first-order chi connectivity index (χ1) is 22.3. The predicted molar refractivity (Wildman–Crippen MR) is 176 cm³/mol. The maximum absolute atomic E-state index is 15.6. The number of halogens is 3. The van der Waals surface area contributed by atoms with Gasteiger partial charge in [0, 0.05) is 54.3 Å². The summed E-state index contributed by atoms with van der Waals surface area (Å²) in [6.45, 7) is 7.50. The molecule has 3 N–H and O–H groups in total. The molecule has 47 heavy (non-hydrogen) atoms. The highest BCUT2D eigenvalue weighted by molar-refractivity contribution is 7.10. The third-order valence-electron chi connectivity index (χ3n) is 9.31. The topological polar surface area (TPSA) is 111 Å². The van der Waals surface area contributed by atoms with E-state index in [0.717, 1.165) is 37.0 Å². The number of anilines is 1. The Hall–Kier alpha value is -3.45. The zero-order valence-corrected chi connectivity index (χ0v) is 28.4. The highest BCUT2D eigenvalue weighted by Crippen LogP contribution is 2.33. The van der Waals surface area contributed by atoms with Crippen LogP contribution in [0, 0.1) is 18.7 Å². The van der Waals surface area contributed by atoms with Gasteiger partial charge in [0.2, 0.25) is 17.7 Å². The van der Waals surface area contributed by atoms with Gasteiger partial charge in [-0.1, -0.05) is 45.6 Å². The Bertz CT molecular complexity index is 1420. The largest absolute Gasteiger partial charge is 0.350 e. The monoisotopic (exact) mass is 677 g/mol. The van der Waals surface area contributed by atoms with E-state index in [1.165, 1.54) is 23.6 Å². The highest BCUT2D eigenvalue weighted by Gasteiger charge is 2.44.